The molecule has 2 aliphatic rings. The van der Waals surface area contributed by atoms with E-state index in [0.717, 1.165) is 38.9 Å². The molecule has 5 nitrogen and oxygen atoms in total. The number of carbonyl (C=O) groups excluding carboxylic acids is 1. The molecule has 0 aromatic carbocycles. The van der Waals surface area contributed by atoms with Crippen LogP contribution in [0.5, 0.6) is 0 Å². The summed E-state index contributed by atoms with van der Waals surface area (Å²) in [4.78, 5) is 23.0. The van der Waals surface area contributed by atoms with Gasteiger partial charge < -0.3 is 9.64 Å². The van der Waals surface area contributed by atoms with Crippen molar-refractivity contribution < 1.29 is 9.53 Å². The topological polar surface area (TPSA) is 45.7 Å². The average molecular weight is 388 g/mol. The van der Waals surface area contributed by atoms with Crippen molar-refractivity contribution in [1.82, 2.24) is 14.8 Å². The van der Waals surface area contributed by atoms with Gasteiger partial charge in [0.05, 0.1) is 11.1 Å². The quantitative estimate of drug-likeness (QED) is 0.669. The predicted molar refractivity (Wildman–Crippen MR) is 113 cm³/mol. The zero-order valence-electron chi connectivity index (χ0n) is 18.3. The van der Waals surface area contributed by atoms with Crippen molar-refractivity contribution in [2.24, 2.45) is 5.92 Å². The van der Waals surface area contributed by atoms with Crippen LogP contribution in [-0.4, -0.2) is 71.0 Å². The largest absolute Gasteiger partial charge is 0.375 e. The summed E-state index contributed by atoms with van der Waals surface area (Å²) in [7, 11) is 2.23. The summed E-state index contributed by atoms with van der Waals surface area (Å²) >= 11 is 0. The van der Waals surface area contributed by atoms with Crippen molar-refractivity contribution in [1.29, 1.82) is 0 Å². The Kier molecular flexibility index (Phi) is 6.58. The van der Waals surface area contributed by atoms with Gasteiger partial charge in [0.15, 0.2) is 0 Å². The fourth-order valence-electron chi connectivity index (χ4n) is 4.82. The Bertz CT molecular complexity index is 661. The van der Waals surface area contributed by atoms with Gasteiger partial charge in [-0.15, -0.1) is 0 Å². The minimum Gasteiger partial charge on any atom is -0.375 e. The van der Waals surface area contributed by atoms with Gasteiger partial charge in [-0.25, -0.2) is 0 Å². The standard InChI is InChI=1S/C23H37N3O2/c1-18(2)9-13-25(5)19-10-14-26(16-19)23(11-15-28-22(3,4)17-23)21(27)20-8-6-7-12-24-20/h6-8,12,18-19H,9-11,13-17H2,1-5H3/t19-,23?/m1/s1. The maximum atomic E-state index is 13.7. The molecule has 1 aromatic heterocycles. The van der Waals surface area contributed by atoms with Gasteiger partial charge in [0.1, 0.15) is 5.69 Å². The number of Topliss-reactive ketones (excluding diaryl/α,β-unsaturated/α-hetero) is 1. The van der Waals surface area contributed by atoms with Crippen LogP contribution < -0.4 is 0 Å². The van der Waals surface area contributed by atoms with Gasteiger partial charge in [0.25, 0.3) is 0 Å². The molecule has 0 bridgehead atoms. The highest BCUT2D eigenvalue weighted by atomic mass is 16.5. The normalized spacial score (nSPS) is 28.2. The molecule has 0 amide bonds. The number of likely N-dealkylation sites (tertiary alicyclic amines) is 1. The highest BCUT2D eigenvalue weighted by Gasteiger charge is 2.52. The number of pyridine rings is 1. The number of likely N-dealkylation sites (N-methyl/N-ethyl adjacent to an activating group) is 1. The summed E-state index contributed by atoms with van der Waals surface area (Å²) in [5.41, 5.74) is -0.231. The zero-order chi connectivity index (χ0) is 20.4. The molecular weight excluding hydrogens is 350 g/mol. The van der Waals surface area contributed by atoms with Crippen molar-refractivity contribution in [2.75, 3.05) is 33.3 Å². The summed E-state index contributed by atoms with van der Waals surface area (Å²) in [6, 6.07) is 6.14. The lowest BCUT2D eigenvalue weighted by atomic mass is 9.76. The Morgan fingerprint density at radius 1 is 1.39 bits per heavy atom. The van der Waals surface area contributed by atoms with E-state index in [1.807, 2.05) is 18.2 Å². The summed E-state index contributed by atoms with van der Waals surface area (Å²) in [5, 5.41) is 0. The number of ketones is 1. The van der Waals surface area contributed by atoms with E-state index >= 15 is 0 Å². The van der Waals surface area contributed by atoms with Crippen LogP contribution in [0, 0.1) is 5.92 Å². The van der Waals surface area contributed by atoms with Crippen LogP contribution in [-0.2, 0) is 4.74 Å². The molecule has 0 aliphatic carbocycles. The number of ether oxygens (including phenoxy) is 1. The van der Waals surface area contributed by atoms with Gasteiger partial charge in [-0.05, 0) is 64.8 Å². The monoisotopic (exact) mass is 387 g/mol. The summed E-state index contributed by atoms with van der Waals surface area (Å²) in [6.07, 6.45) is 5.52. The van der Waals surface area contributed by atoms with Crippen molar-refractivity contribution in [2.45, 2.75) is 70.6 Å². The molecule has 1 aromatic rings. The van der Waals surface area contributed by atoms with Crippen LogP contribution in [0.3, 0.4) is 0 Å². The summed E-state index contributed by atoms with van der Waals surface area (Å²) < 4.78 is 6.00. The third-order valence-corrected chi connectivity index (χ3v) is 6.50. The Morgan fingerprint density at radius 2 is 2.18 bits per heavy atom. The first kappa shape index (κ1) is 21.4. The molecule has 0 radical (unpaired) electrons. The third kappa shape index (κ3) is 4.64. The number of aromatic nitrogens is 1. The van der Waals surface area contributed by atoms with Crippen molar-refractivity contribution in [3.05, 3.63) is 30.1 Å². The molecule has 28 heavy (non-hydrogen) atoms. The second kappa shape index (κ2) is 8.60. The number of rotatable bonds is 7. The van der Waals surface area contributed by atoms with E-state index in [0.29, 0.717) is 24.3 Å². The number of carbonyl (C=O) groups is 1. The van der Waals surface area contributed by atoms with Crippen LogP contribution >= 0.6 is 0 Å². The molecule has 0 spiro atoms. The van der Waals surface area contributed by atoms with Gasteiger partial charge in [-0.2, -0.15) is 0 Å². The van der Waals surface area contributed by atoms with E-state index in [4.69, 9.17) is 4.74 Å². The van der Waals surface area contributed by atoms with E-state index in [-0.39, 0.29) is 11.4 Å². The smallest absolute Gasteiger partial charge is 0.201 e. The first-order valence-electron chi connectivity index (χ1n) is 10.8. The second-order valence-corrected chi connectivity index (χ2v) is 9.66. The zero-order valence-corrected chi connectivity index (χ0v) is 18.3. The maximum Gasteiger partial charge on any atom is 0.201 e. The van der Waals surface area contributed by atoms with Crippen molar-refractivity contribution in [3.8, 4) is 0 Å². The minimum atomic E-state index is -0.510. The first-order chi connectivity index (χ1) is 13.2. The Hall–Kier alpha value is -1.30. The Balaban J connectivity index is 1.81. The Morgan fingerprint density at radius 3 is 2.82 bits per heavy atom. The molecule has 1 unspecified atom stereocenters. The van der Waals surface area contributed by atoms with Gasteiger partial charge in [0.2, 0.25) is 5.78 Å². The van der Waals surface area contributed by atoms with Gasteiger partial charge >= 0.3 is 0 Å². The van der Waals surface area contributed by atoms with Crippen LogP contribution in [0.1, 0.15) is 63.9 Å². The minimum absolute atomic E-state index is 0.162. The van der Waals surface area contributed by atoms with E-state index in [1.54, 1.807) is 6.20 Å². The number of hydrogen-bond donors (Lipinski definition) is 0. The number of nitrogens with zero attached hydrogens (tertiary/aromatic N) is 3. The van der Waals surface area contributed by atoms with Crippen molar-refractivity contribution >= 4 is 5.78 Å². The van der Waals surface area contributed by atoms with E-state index in [9.17, 15) is 4.79 Å². The van der Waals surface area contributed by atoms with E-state index in [1.165, 1.54) is 6.42 Å². The maximum absolute atomic E-state index is 13.7. The highest BCUT2D eigenvalue weighted by molar-refractivity contribution is 6.02. The molecule has 2 aliphatic heterocycles. The van der Waals surface area contributed by atoms with Crippen LogP contribution in [0.2, 0.25) is 0 Å². The third-order valence-electron chi connectivity index (χ3n) is 6.50. The molecule has 3 heterocycles. The first-order valence-corrected chi connectivity index (χ1v) is 10.8. The van der Waals surface area contributed by atoms with Gasteiger partial charge in [0, 0.05) is 38.4 Å². The Labute approximate surface area is 170 Å². The predicted octanol–water partition coefficient (Wildman–Crippen LogP) is 3.64. The molecule has 0 saturated carbocycles. The lowest BCUT2D eigenvalue weighted by Gasteiger charge is -2.48. The summed E-state index contributed by atoms with van der Waals surface area (Å²) in [6.45, 7) is 12.4. The highest BCUT2D eigenvalue weighted by Crippen LogP contribution is 2.40. The van der Waals surface area contributed by atoms with E-state index in [2.05, 4.69) is 49.5 Å². The molecule has 0 N–H and O–H groups in total. The van der Waals surface area contributed by atoms with Crippen LogP contribution in [0.4, 0.5) is 0 Å². The fourth-order valence-corrected chi connectivity index (χ4v) is 4.82. The molecule has 156 valence electrons. The lowest BCUT2D eigenvalue weighted by Crippen LogP contribution is -2.61. The molecule has 5 heteroatoms. The van der Waals surface area contributed by atoms with E-state index < -0.39 is 5.54 Å². The second-order valence-electron chi connectivity index (χ2n) is 9.66. The van der Waals surface area contributed by atoms with Crippen LogP contribution in [0.15, 0.2) is 24.4 Å². The molecule has 2 atom stereocenters. The molecule has 2 saturated heterocycles. The lowest BCUT2D eigenvalue weighted by molar-refractivity contribution is -0.104. The fraction of sp³-hybridized carbons (Fsp3) is 0.739. The average Bonchev–Trinajstić information content (AvgIpc) is 3.16. The van der Waals surface area contributed by atoms with Crippen LogP contribution in [0.25, 0.3) is 0 Å². The van der Waals surface area contributed by atoms with Gasteiger partial charge in [-0.1, -0.05) is 19.9 Å². The summed E-state index contributed by atoms with van der Waals surface area (Å²) in [5.74, 6) is 0.878. The van der Waals surface area contributed by atoms with Gasteiger partial charge in [-0.3, -0.25) is 14.7 Å². The molecular formula is C23H37N3O2. The molecule has 3 rings (SSSR count). The van der Waals surface area contributed by atoms with Crippen molar-refractivity contribution in [3.63, 3.8) is 0 Å². The SMILES string of the molecule is CC(C)CCN(C)[C@@H]1CCN(C2(C(=O)c3ccccn3)CCOC(C)(C)C2)C1. The molecule has 2 fully saturated rings. The number of hydrogen-bond acceptors (Lipinski definition) is 5.